The van der Waals surface area contributed by atoms with Gasteiger partial charge in [-0.05, 0) is 43.4 Å². The van der Waals surface area contributed by atoms with Crippen molar-refractivity contribution in [2.75, 3.05) is 6.54 Å². The molecule has 1 aromatic carbocycles. The third kappa shape index (κ3) is 3.92. The van der Waals surface area contributed by atoms with Crippen LogP contribution < -0.4 is 10.6 Å². The number of hydrogen-bond donors (Lipinski definition) is 2. The van der Waals surface area contributed by atoms with Gasteiger partial charge in [0.25, 0.3) is 5.91 Å². The standard InChI is InChI=1S/C19H23Cl2N3O3/c1-11-5-3-4-6-15(11)22-16(25)10-24-17(26)19(2,23-18(24)27)12-7-8-13(20)14(21)9-12/h7-9,11,15H,3-6,10H2,1-2H3,(H,22,25)(H,23,27). The Bertz CT molecular complexity index is 785. The highest BCUT2D eigenvalue weighted by Gasteiger charge is 2.49. The van der Waals surface area contributed by atoms with Crippen molar-refractivity contribution in [3.05, 3.63) is 33.8 Å². The van der Waals surface area contributed by atoms with E-state index in [1.54, 1.807) is 25.1 Å². The molecule has 0 spiro atoms. The summed E-state index contributed by atoms with van der Waals surface area (Å²) >= 11 is 12.0. The molecule has 0 bridgehead atoms. The molecule has 2 fully saturated rings. The van der Waals surface area contributed by atoms with E-state index in [1.807, 2.05) is 0 Å². The summed E-state index contributed by atoms with van der Waals surface area (Å²) in [6.07, 6.45) is 4.24. The Morgan fingerprint density at radius 3 is 2.63 bits per heavy atom. The molecular formula is C19H23Cl2N3O3. The zero-order chi connectivity index (χ0) is 19.8. The average molecular weight is 412 g/mol. The molecule has 0 radical (unpaired) electrons. The van der Waals surface area contributed by atoms with Crippen LogP contribution in [0.3, 0.4) is 0 Å². The molecule has 1 aromatic rings. The summed E-state index contributed by atoms with van der Waals surface area (Å²) in [4.78, 5) is 38.7. The molecule has 27 heavy (non-hydrogen) atoms. The highest BCUT2D eigenvalue weighted by Crippen LogP contribution is 2.33. The monoisotopic (exact) mass is 411 g/mol. The highest BCUT2D eigenvalue weighted by atomic mass is 35.5. The molecule has 1 saturated heterocycles. The zero-order valence-corrected chi connectivity index (χ0v) is 16.9. The fourth-order valence-corrected chi connectivity index (χ4v) is 4.07. The number of nitrogens with one attached hydrogen (secondary N) is 2. The van der Waals surface area contributed by atoms with Gasteiger partial charge < -0.3 is 10.6 Å². The average Bonchev–Trinajstić information content (AvgIpc) is 2.83. The summed E-state index contributed by atoms with van der Waals surface area (Å²) in [5.74, 6) is -0.416. The normalized spacial score (nSPS) is 28.2. The molecule has 2 aliphatic rings. The first-order valence-electron chi connectivity index (χ1n) is 9.11. The number of carbonyl (C=O) groups excluding carboxylic acids is 3. The van der Waals surface area contributed by atoms with Crippen LogP contribution in [0.5, 0.6) is 0 Å². The fraction of sp³-hybridized carbons (Fsp3) is 0.526. The number of hydrogen-bond acceptors (Lipinski definition) is 3. The van der Waals surface area contributed by atoms with Crippen LogP contribution in [0.4, 0.5) is 4.79 Å². The highest BCUT2D eigenvalue weighted by molar-refractivity contribution is 6.42. The second kappa shape index (κ2) is 7.68. The first-order valence-corrected chi connectivity index (χ1v) is 9.87. The second-order valence-corrected chi connectivity index (χ2v) is 8.33. The smallest absolute Gasteiger partial charge is 0.325 e. The first-order chi connectivity index (χ1) is 12.7. The zero-order valence-electron chi connectivity index (χ0n) is 15.4. The molecule has 3 rings (SSSR count). The van der Waals surface area contributed by atoms with Crippen LogP contribution in [0, 0.1) is 5.92 Å². The molecule has 3 unspecified atom stereocenters. The Kier molecular flexibility index (Phi) is 5.68. The van der Waals surface area contributed by atoms with Crippen molar-refractivity contribution in [1.29, 1.82) is 0 Å². The van der Waals surface area contributed by atoms with Crippen molar-refractivity contribution in [1.82, 2.24) is 15.5 Å². The molecule has 1 aliphatic carbocycles. The van der Waals surface area contributed by atoms with Crippen molar-refractivity contribution in [2.45, 2.75) is 51.1 Å². The van der Waals surface area contributed by atoms with Gasteiger partial charge in [0.05, 0.1) is 10.0 Å². The molecule has 1 aliphatic heterocycles. The van der Waals surface area contributed by atoms with Gasteiger partial charge in [0, 0.05) is 6.04 Å². The third-order valence-electron chi connectivity index (χ3n) is 5.53. The van der Waals surface area contributed by atoms with E-state index in [2.05, 4.69) is 17.6 Å². The lowest BCUT2D eigenvalue weighted by Crippen LogP contribution is -2.47. The summed E-state index contributed by atoms with van der Waals surface area (Å²) in [6.45, 7) is 3.40. The van der Waals surface area contributed by atoms with E-state index < -0.39 is 17.5 Å². The Labute approximate surface area is 168 Å². The number of amides is 4. The van der Waals surface area contributed by atoms with E-state index in [1.165, 1.54) is 6.42 Å². The van der Waals surface area contributed by atoms with Crippen LogP contribution >= 0.6 is 23.2 Å². The van der Waals surface area contributed by atoms with Gasteiger partial charge in [0.2, 0.25) is 5.91 Å². The molecule has 6 nitrogen and oxygen atoms in total. The van der Waals surface area contributed by atoms with Gasteiger partial charge in [0.1, 0.15) is 12.1 Å². The fourth-order valence-electron chi connectivity index (χ4n) is 3.77. The largest absolute Gasteiger partial charge is 0.352 e. The molecule has 8 heteroatoms. The van der Waals surface area contributed by atoms with E-state index in [0.29, 0.717) is 21.5 Å². The Balaban J connectivity index is 1.71. The molecule has 3 atom stereocenters. The van der Waals surface area contributed by atoms with E-state index >= 15 is 0 Å². The number of rotatable bonds is 4. The van der Waals surface area contributed by atoms with Crippen molar-refractivity contribution in [3.8, 4) is 0 Å². The molecule has 1 heterocycles. The number of halogens is 2. The second-order valence-electron chi connectivity index (χ2n) is 7.51. The number of imide groups is 1. The van der Waals surface area contributed by atoms with Crippen LogP contribution in [0.25, 0.3) is 0 Å². The van der Waals surface area contributed by atoms with E-state index in [4.69, 9.17) is 23.2 Å². The lowest BCUT2D eigenvalue weighted by Gasteiger charge is -2.30. The number of nitrogens with zero attached hydrogens (tertiary/aromatic N) is 1. The maximum absolute atomic E-state index is 12.9. The lowest BCUT2D eigenvalue weighted by atomic mass is 9.86. The number of benzene rings is 1. The summed E-state index contributed by atoms with van der Waals surface area (Å²) in [7, 11) is 0. The summed E-state index contributed by atoms with van der Waals surface area (Å²) < 4.78 is 0. The number of carbonyl (C=O) groups is 3. The van der Waals surface area contributed by atoms with Crippen LogP contribution in [-0.2, 0) is 15.1 Å². The van der Waals surface area contributed by atoms with Gasteiger partial charge in [-0.2, -0.15) is 0 Å². The van der Waals surface area contributed by atoms with Crippen LogP contribution in [0.1, 0.15) is 45.1 Å². The molecule has 2 N–H and O–H groups in total. The summed E-state index contributed by atoms with van der Waals surface area (Å²) in [5, 5.41) is 6.29. The topological polar surface area (TPSA) is 78.5 Å². The van der Waals surface area contributed by atoms with Crippen molar-refractivity contribution >= 4 is 41.0 Å². The molecule has 1 saturated carbocycles. The van der Waals surface area contributed by atoms with Gasteiger partial charge in [0.15, 0.2) is 0 Å². The molecule has 4 amide bonds. The van der Waals surface area contributed by atoms with Crippen LogP contribution in [0.2, 0.25) is 10.0 Å². The first kappa shape index (κ1) is 20.0. The molecular weight excluding hydrogens is 389 g/mol. The van der Waals surface area contributed by atoms with Crippen molar-refractivity contribution < 1.29 is 14.4 Å². The van der Waals surface area contributed by atoms with Gasteiger partial charge in [-0.15, -0.1) is 0 Å². The van der Waals surface area contributed by atoms with Gasteiger partial charge >= 0.3 is 6.03 Å². The lowest BCUT2D eigenvalue weighted by molar-refractivity contribution is -0.135. The predicted octanol–water partition coefficient (Wildman–Crippen LogP) is 3.46. The Hall–Kier alpha value is -1.79. The maximum atomic E-state index is 12.9. The van der Waals surface area contributed by atoms with Crippen molar-refractivity contribution in [2.24, 2.45) is 5.92 Å². The molecule has 0 aromatic heterocycles. The minimum Gasteiger partial charge on any atom is -0.352 e. The third-order valence-corrected chi connectivity index (χ3v) is 6.27. The van der Waals surface area contributed by atoms with Crippen molar-refractivity contribution in [3.63, 3.8) is 0 Å². The quantitative estimate of drug-likeness (QED) is 0.744. The molecule has 146 valence electrons. The van der Waals surface area contributed by atoms with Crippen LogP contribution in [0.15, 0.2) is 18.2 Å². The van der Waals surface area contributed by atoms with E-state index in [-0.39, 0.29) is 18.5 Å². The van der Waals surface area contributed by atoms with Crippen LogP contribution in [-0.4, -0.2) is 35.3 Å². The minimum atomic E-state index is -1.29. The SMILES string of the molecule is CC1CCCCC1NC(=O)CN1C(=O)NC(C)(c2ccc(Cl)c(Cl)c2)C1=O. The van der Waals surface area contributed by atoms with Gasteiger partial charge in [-0.3, -0.25) is 14.5 Å². The van der Waals surface area contributed by atoms with Gasteiger partial charge in [-0.1, -0.05) is 49.0 Å². The maximum Gasteiger partial charge on any atom is 0.325 e. The minimum absolute atomic E-state index is 0.0912. The Morgan fingerprint density at radius 1 is 1.26 bits per heavy atom. The summed E-state index contributed by atoms with van der Waals surface area (Å²) in [6, 6.07) is 4.26. The predicted molar refractivity (Wildman–Crippen MR) is 104 cm³/mol. The van der Waals surface area contributed by atoms with Gasteiger partial charge in [-0.25, -0.2) is 4.79 Å². The number of urea groups is 1. The van der Waals surface area contributed by atoms with E-state index in [9.17, 15) is 14.4 Å². The van der Waals surface area contributed by atoms with E-state index in [0.717, 1.165) is 24.2 Å². The Morgan fingerprint density at radius 2 is 1.96 bits per heavy atom. The summed E-state index contributed by atoms with van der Waals surface area (Å²) in [5.41, 5.74) is -0.775.